The second kappa shape index (κ2) is 22.7. The standard InChI is InChI=1S/C77H74N9O3/c1-4-19-60(20-5-1)64-33-36-67-72-75(64)87-82-44-12-18-58(50-82)16-10-15-54-27-29-56-39-45-85-70(48-56)83-52-80(68-37-34-65(76(88-85)73(68)83)61-21-6-2-7-22-61)42-11-17-55-31-32-59(63(47-55)26-14-41-79(67)51-78-72)25-13-43-81-53-84-71-49-57(30-28-54)40-46-86(71)89-77-66(35-38-69(81)74(77)84)62-23-8-3-9-24-62/h1-9,12,18-24,31-40,44-50,54,78H,10-11,13-17,25-30,41-43,51-53H2/q+3. The molecule has 0 fully saturated rings. The van der Waals surface area contributed by atoms with Gasteiger partial charge in [0.2, 0.25) is 41.0 Å². The molecule has 89 heavy (non-hydrogen) atoms. The number of anilines is 8. The van der Waals surface area contributed by atoms with Crippen LogP contribution in [0.4, 0.5) is 45.8 Å². The van der Waals surface area contributed by atoms with E-state index in [-0.39, 0.29) is 0 Å². The maximum absolute atomic E-state index is 7.06. The Morgan fingerprint density at radius 2 is 0.921 bits per heavy atom. The van der Waals surface area contributed by atoms with E-state index in [1.165, 1.54) is 61.8 Å². The van der Waals surface area contributed by atoms with Gasteiger partial charge in [0.1, 0.15) is 18.1 Å². The SMILES string of the molecule is c1ccc(-c2ccc3c4c2O[n+]2cccc(c2)CCCC2CCc5cc[n+]6c(c5)N5CN(CCCc7ccc(c(c7)CCCN3CN4)CCCN3CN4c7c3ccc(-c3ccccc3)c7O[n+]3ccc(cc34)CC2)c2ccc(-c3ccccc3)c(c25)O6)cc1. The Kier molecular flexibility index (Phi) is 13.6. The van der Waals surface area contributed by atoms with Crippen LogP contribution in [0.2, 0.25) is 0 Å². The third-order valence-electron chi connectivity index (χ3n) is 19.8. The van der Waals surface area contributed by atoms with E-state index in [1.54, 1.807) is 0 Å². The smallest absolute Gasteiger partial charge is 0.323 e. The highest BCUT2D eigenvalue weighted by atomic mass is 16.7. The van der Waals surface area contributed by atoms with E-state index in [4.69, 9.17) is 14.5 Å². The van der Waals surface area contributed by atoms with E-state index in [0.29, 0.717) is 5.92 Å². The Morgan fingerprint density at radius 1 is 0.393 bits per heavy atom. The normalized spacial score (nSPS) is 17.4. The first-order valence-corrected chi connectivity index (χ1v) is 32.5. The molecule has 0 spiro atoms. The van der Waals surface area contributed by atoms with Gasteiger partial charge in [0.15, 0.2) is 13.3 Å². The average Bonchev–Trinajstić information content (AvgIpc) is 1.67. The third kappa shape index (κ3) is 9.99. The molecule has 0 aliphatic carbocycles. The first-order chi connectivity index (χ1) is 44.1. The second-order valence-corrected chi connectivity index (χ2v) is 25.4. The molecule has 0 saturated carbocycles. The first kappa shape index (κ1) is 53.4. The van der Waals surface area contributed by atoms with Gasteiger partial charge in [-0.05, 0) is 192 Å². The molecule has 1 atom stereocenters. The number of aromatic nitrogens is 3. The zero-order valence-electron chi connectivity index (χ0n) is 50.4. The molecule has 0 saturated heterocycles. The number of benzene rings is 7. The lowest BCUT2D eigenvalue weighted by molar-refractivity contribution is -0.875. The number of hydrogen-bond acceptors (Lipinski definition) is 9. The fraction of sp³-hybridized carbons (Fsp3) is 0.260. The van der Waals surface area contributed by atoms with Crippen LogP contribution in [-0.4, -0.2) is 39.6 Å². The van der Waals surface area contributed by atoms with Crippen molar-refractivity contribution in [2.45, 2.75) is 83.5 Å². The highest BCUT2D eigenvalue weighted by molar-refractivity contribution is 5.95. The fourth-order valence-electron chi connectivity index (χ4n) is 15.2. The molecule has 8 aliphatic rings. The molecule has 1 unspecified atom stereocenters. The Labute approximate surface area is 521 Å². The predicted octanol–water partition coefficient (Wildman–Crippen LogP) is 14.5. The molecule has 18 rings (SSSR count). The molecule has 7 aromatic carbocycles. The van der Waals surface area contributed by atoms with Gasteiger partial charge in [-0.1, -0.05) is 116 Å². The van der Waals surface area contributed by atoms with Crippen molar-refractivity contribution >= 4 is 45.8 Å². The summed E-state index contributed by atoms with van der Waals surface area (Å²) < 4.78 is 5.96. The monoisotopic (exact) mass is 1170 g/mol. The third-order valence-corrected chi connectivity index (χ3v) is 19.8. The van der Waals surface area contributed by atoms with E-state index < -0.39 is 0 Å². The van der Waals surface area contributed by atoms with Crippen LogP contribution in [0.5, 0.6) is 17.2 Å². The number of fused-ring (bicyclic) bond motifs is 6. The predicted molar refractivity (Wildman–Crippen MR) is 353 cm³/mol. The molecule has 8 aliphatic heterocycles. The average molecular weight is 1170 g/mol. The number of pyridine rings is 3. The summed E-state index contributed by atoms with van der Waals surface area (Å²) in [6.45, 7) is 5.05. The van der Waals surface area contributed by atoms with Gasteiger partial charge in [-0.3, -0.25) is 9.68 Å². The lowest BCUT2D eigenvalue weighted by atomic mass is 9.88. The molecule has 12 heteroatoms. The molecule has 12 nitrogen and oxygen atoms in total. The molecule has 11 heterocycles. The highest BCUT2D eigenvalue weighted by Crippen LogP contribution is 2.54. The number of rotatable bonds is 3. The van der Waals surface area contributed by atoms with Gasteiger partial charge in [0.25, 0.3) is 0 Å². The highest BCUT2D eigenvalue weighted by Gasteiger charge is 2.46. The van der Waals surface area contributed by atoms with Crippen molar-refractivity contribution in [2.75, 3.05) is 69.5 Å². The molecule has 0 amide bonds. The molecular weight excluding hydrogens is 1100 g/mol. The van der Waals surface area contributed by atoms with Crippen LogP contribution in [0.15, 0.2) is 207 Å². The summed E-state index contributed by atoms with van der Waals surface area (Å²) in [5.74, 6) is 5.34. The van der Waals surface area contributed by atoms with Gasteiger partial charge in [0, 0.05) is 64.8 Å². The minimum atomic E-state index is 0.479. The van der Waals surface area contributed by atoms with Gasteiger partial charge in [-0.25, -0.2) is 14.6 Å². The number of hydrogen-bond donors (Lipinski definition) is 1. The van der Waals surface area contributed by atoms with Crippen molar-refractivity contribution in [3.05, 3.63) is 240 Å². The van der Waals surface area contributed by atoms with Gasteiger partial charge >= 0.3 is 11.6 Å². The second-order valence-electron chi connectivity index (χ2n) is 25.4. The summed E-state index contributed by atoms with van der Waals surface area (Å²) in [5.41, 5.74) is 22.1. The van der Waals surface area contributed by atoms with Crippen LogP contribution >= 0.6 is 0 Å². The molecule has 18 bridgehead atoms. The maximum atomic E-state index is 7.06. The van der Waals surface area contributed by atoms with E-state index in [1.807, 2.05) is 20.4 Å². The Hall–Kier alpha value is -9.81. The number of nitrogens with one attached hydrogen (secondary N) is 1. The van der Waals surface area contributed by atoms with E-state index in [9.17, 15) is 0 Å². The maximum Gasteiger partial charge on any atom is 0.323 e. The fourth-order valence-corrected chi connectivity index (χ4v) is 15.2. The lowest BCUT2D eigenvalue weighted by Gasteiger charge is -2.23. The first-order valence-electron chi connectivity index (χ1n) is 32.5. The van der Waals surface area contributed by atoms with E-state index in [0.717, 1.165) is 191 Å². The number of nitrogens with zero attached hydrogens (tertiary/aromatic N) is 8. The minimum Gasteiger partial charge on any atom is -0.363 e. The summed E-state index contributed by atoms with van der Waals surface area (Å²) in [7, 11) is 0. The zero-order chi connectivity index (χ0) is 58.8. The van der Waals surface area contributed by atoms with Crippen LogP contribution in [0.25, 0.3) is 33.4 Å². The lowest BCUT2D eigenvalue weighted by Crippen LogP contribution is -2.48. The number of aryl methyl sites for hydroxylation is 6. The van der Waals surface area contributed by atoms with E-state index in [2.05, 4.69) is 230 Å². The van der Waals surface area contributed by atoms with Crippen LogP contribution in [0.3, 0.4) is 0 Å². The van der Waals surface area contributed by atoms with Gasteiger partial charge in [0.05, 0.1) is 23.7 Å². The van der Waals surface area contributed by atoms with Crippen molar-refractivity contribution in [3.8, 4) is 50.6 Å². The van der Waals surface area contributed by atoms with Crippen molar-refractivity contribution in [2.24, 2.45) is 5.92 Å². The summed E-state index contributed by atoms with van der Waals surface area (Å²) in [6, 6.07) is 67.2. The summed E-state index contributed by atoms with van der Waals surface area (Å²) in [4.78, 5) is 33.9. The summed E-state index contributed by atoms with van der Waals surface area (Å²) in [5, 5.41) is 3.84. The molecule has 10 aromatic rings. The molecule has 1 N–H and O–H groups in total. The Bertz CT molecular complexity index is 4330. The summed E-state index contributed by atoms with van der Waals surface area (Å²) in [6.07, 6.45) is 21.8. The topological polar surface area (TPSA) is 67.6 Å². The summed E-state index contributed by atoms with van der Waals surface area (Å²) >= 11 is 0. The zero-order valence-corrected chi connectivity index (χ0v) is 50.4. The van der Waals surface area contributed by atoms with Crippen molar-refractivity contribution in [3.63, 3.8) is 0 Å². The quantitative estimate of drug-likeness (QED) is 0.174. The Balaban J connectivity index is 0.766. The van der Waals surface area contributed by atoms with Crippen molar-refractivity contribution < 1.29 is 28.7 Å². The Morgan fingerprint density at radius 3 is 1.53 bits per heavy atom. The van der Waals surface area contributed by atoms with Crippen molar-refractivity contribution in [1.29, 1.82) is 0 Å². The van der Waals surface area contributed by atoms with Crippen molar-refractivity contribution in [1.82, 2.24) is 0 Å². The van der Waals surface area contributed by atoms with Crippen LogP contribution in [0.1, 0.15) is 78.3 Å². The molecular formula is C77H74N9O3+3. The molecule has 0 radical (unpaired) electrons. The van der Waals surface area contributed by atoms with Gasteiger partial charge in [-0.2, -0.15) is 0 Å². The van der Waals surface area contributed by atoms with Crippen LogP contribution in [0, 0.1) is 5.92 Å². The van der Waals surface area contributed by atoms with Crippen LogP contribution < -0.4 is 58.5 Å². The van der Waals surface area contributed by atoms with E-state index >= 15 is 0 Å². The largest absolute Gasteiger partial charge is 0.363 e. The molecule has 3 aromatic heterocycles. The minimum absolute atomic E-state index is 0.479. The van der Waals surface area contributed by atoms with Gasteiger partial charge < -0.3 is 20.0 Å². The van der Waals surface area contributed by atoms with Crippen LogP contribution in [-0.2, 0) is 38.5 Å². The van der Waals surface area contributed by atoms with Gasteiger partial charge in [-0.15, -0.1) is 0 Å². The molecule has 442 valence electrons.